The minimum atomic E-state index is -5.08. The molecule has 42 heavy (non-hydrogen) atoms. The summed E-state index contributed by atoms with van der Waals surface area (Å²) >= 11 is 0. The van der Waals surface area contributed by atoms with E-state index in [0.717, 1.165) is 63.4 Å². The third-order valence-corrected chi connectivity index (χ3v) is 6.10. The Morgan fingerprint density at radius 1 is 1.07 bits per heavy atom. The van der Waals surface area contributed by atoms with Crippen molar-refractivity contribution in [3.8, 4) is 11.4 Å². The highest BCUT2D eigenvalue weighted by Crippen LogP contribution is 2.24. The zero-order valence-corrected chi connectivity index (χ0v) is 22.8. The van der Waals surface area contributed by atoms with Gasteiger partial charge in [-0.25, -0.2) is 14.6 Å². The Morgan fingerprint density at radius 3 is 2.12 bits per heavy atom. The number of aromatic amines is 1. The maximum Gasteiger partial charge on any atom is 0.490 e. The Kier molecular flexibility index (Phi) is 12.1. The lowest BCUT2D eigenvalue weighted by Crippen LogP contribution is -2.47. The second-order valence-corrected chi connectivity index (χ2v) is 10.2. The van der Waals surface area contributed by atoms with Crippen molar-refractivity contribution in [3.63, 3.8) is 0 Å². The van der Waals surface area contributed by atoms with E-state index in [-0.39, 0.29) is 11.2 Å². The summed E-state index contributed by atoms with van der Waals surface area (Å²) in [6, 6.07) is 10.0. The first-order chi connectivity index (χ1) is 19.4. The molecule has 2 aliphatic heterocycles. The summed E-state index contributed by atoms with van der Waals surface area (Å²) in [6.45, 7) is 9.79. The van der Waals surface area contributed by atoms with Crippen molar-refractivity contribution < 1.29 is 50.9 Å². The number of piperidine rings is 1. The molecular formula is C26H32F6N4O6. The number of morpholine rings is 1. The highest BCUT2D eigenvalue weighted by atomic mass is 19.4. The van der Waals surface area contributed by atoms with Crippen LogP contribution < -0.4 is 10.9 Å². The molecule has 16 heteroatoms. The summed E-state index contributed by atoms with van der Waals surface area (Å²) in [5.41, 5.74) is 2.94. The van der Waals surface area contributed by atoms with E-state index in [9.17, 15) is 31.1 Å². The fourth-order valence-electron chi connectivity index (χ4n) is 4.20. The van der Waals surface area contributed by atoms with Crippen LogP contribution in [0.1, 0.15) is 43.9 Å². The first kappa shape index (κ1) is 34.7. The highest BCUT2D eigenvalue weighted by Gasteiger charge is 2.39. The largest absolute Gasteiger partial charge is 0.490 e. The average Bonchev–Trinajstić information content (AvgIpc) is 2.88. The molecule has 4 N–H and O–H groups in total. The number of halogens is 6. The molecule has 1 aromatic heterocycles. The number of hydrogen-bond donors (Lipinski definition) is 4. The quantitative estimate of drug-likeness (QED) is 0.380. The highest BCUT2D eigenvalue weighted by molar-refractivity contribution is 5.73. The van der Waals surface area contributed by atoms with Crippen LogP contribution in [0.15, 0.2) is 35.1 Å². The van der Waals surface area contributed by atoms with E-state index in [1.165, 1.54) is 5.56 Å². The number of aromatic nitrogens is 2. The molecule has 0 aliphatic carbocycles. The van der Waals surface area contributed by atoms with Gasteiger partial charge in [-0.1, -0.05) is 24.3 Å². The Morgan fingerprint density at radius 2 is 1.64 bits per heavy atom. The van der Waals surface area contributed by atoms with Gasteiger partial charge in [0.15, 0.2) is 0 Å². The van der Waals surface area contributed by atoms with Crippen molar-refractivity contribution in [1.82, 2.24) is 20.2 Å². The SMILES string of the molecule is CC1(C)CN(Cc2ccc(-c3nc(C4CCCNC4)cc(=O)[nH]3)cc2)CCO1.O=C(O)C(F)(F)F.O=C(O)C(F)(F)F. The molecule has 234 valence electrons. The first-order valence-corrected chi connectivity index (χ1v) is 12.8. The Labute approximate surface area is 236 Å². The number of carboxylic acid groups (broad SMARTS) is 2. The average molecular weight is 611 g/mol. The third-order valence-electron chi connectivity index (χ3n) is 6.10. The number of hydrogen-bond acceptors (Lipinski definition) is 7. The summed E-state index contributed by atoms with van der Waals surface area (Å²) < 4.78 is 69.3. The van der Waals surface area contributed by atoms with E-state index in [0.29, 0.717) is 11.7 Å². The topological polar surface area (TPSA) is 145 Å². The Balaban J connectivity index is 0.000000367. The van der Waals surface area contributed by atoms with E-state index in [1.54, 1.807) is 6.07 Å². The van der Waals surface area contributed by atoms with Crippen molar-refractivity contribution in [2.75, 3.05) is 32.8 Å². The molecule has 3 heterocycles. The molecule has 0 amide bonds. The van der Waals surface area contributed by atoms with E-state index >= 15 is 0 Å². The molecule has 0 radical (unpaired) electrons. The van der Waals surface area contributed by atoms with Gasteiger partial charge < -0.3 is 25.3 Å². The van der Waals surface area contributed by atoms with E-state index in [4.69, 9.17) is 29.5 Å². The van der Waals surface area contributed by atoms with Crippen LogP contribution in [0.3, 0.4) is 0 Å². The standard InChI is InChI=1S/C22H30N4O2.2C2HF3O2/c1-22(2)15-26(10-11-28-22)14-16-5-7-17(8-6-16)21-24-19(12-20(27)25-21)18-4-3-9-23-13-18;2*3-2(4,5)1(6)7/h5-8,12,18,23H,3-4,9-11,13-15H2,1-2H3,(H,24,25,27);2*(H,6,7). The van der Waals surface area contributed by atoms with Gasteiger partial charge in [-0.3, -0.25) is 9.69 Å². The molecule has 2 aromatic rings. The van der Waals surface area contributed by atoms with Gasteiger partial charge in [0.25, 0.3) is 5.56 Å². The zero-order chi connectivity index (χ0) is 31.7. The van der Waals surface area contributed by atoms with Gasteiger partial charge in [0.2, 0.25) is 0 Å². The molecule has 1 aromatic carbocycles. The fraction of sp³-hybridized carbons (Fsp3) is 0.538. The van der Waals surface area contributed by atoms with Crippen molar-refractivity contribution in [1.29, 1.82) is 0 Å². The lowest BCUT2D eigenvalue weighted by molar-refractivity contribution is -0.193. The van der Waals surface area contributed by atoms with Gasteiger partial charge in [0.05, 0.1) is 17.9 Å². The lowest BCUT2D eigenvalue weighted by atomic mass is 9.96. The maximum absolute atomic E-state index is 12.2. The molecule has 2 saturated heterocycles. The van der Waals surface area contributed by atoms with Gasteiger partial charge in [-0.05, 0) is 38.8 Å². The first-order valence-electron chi connectivity index (χ1n) is 12.8. The number of carbonyl (C=O) groups is 2. The smallest absolute Gasteiger partial charge is 0.475 e. The Bertz CT molecular complexity index is 1220. The number of H-pyrrole nitrogens is 1. The molecule has 2 fully saturated rings. The van der Waals surface area contributed by atoms with Crippen LogP contribution in [0.2, 0.25) is 0 Å². The summed E-state index contributed by atoms with van der Waals surface area (Å²) in [5, 5.41) is 17.6. The number of nitrogens with zero attached hydrogens (tertiary/aromatic N) is 2. The van der Waals surface area contributed by atoms with Crippen LogP contribution in [-0.2, 0) is 20.9 Å². The molecule has 0 spiro atoms. The summed E-state index contributed by atoms with van der Waals surface area (Å²) in [7, 11) is 0. The normalized spacial score (nSPS) is 19.0. The van der Waals surface area contributed by atoms with Crippen LogP contribution in [0.4, 0.5) is 26.3 Å². The fourth-order valence-corrected chi connectivity index (χ4v) is 4.20. The molecule has 2 aliphatic rings. The molecule has 0 saturated carbocycles. The Hall–Kier alpha value is -3.50. The van der Waals surface area contributed by atoms with Crippen LogP contribution >= 0.6 is 0 Å². The van der Waals surface area contributed by atoms with Crippen LogP contribution in [0.25, 0.3) is 11.4 Å². The monoisotopic (exact) mass is 610 g/mol. The number of alkyl halides is 6. The molecule has 1 atom stereocenters. The maximum atomic E-state index is 12.2. The van der Waals surface area contributed by atoms with E-state index in [2.05, 4.69) is 53.3 Å². The van der Waals surface area contributed by atoms with Gasteiger partial charge in [0.1, 0.15) is 5.82 Å². The van der Waals surface area contributed by atoms with Crippen LogP contribution in [-0.4, -0.2) is 87.8 Å². The second kappa shape index (κ2) is 14.6. The zero-order valence-electron chi connectivity index (χ0n) is 22.8. The predicted octanol–water partition coefficient (Wildman–Crippen LogP) is 3.78. The minimum Gasteiger partial charge on any atom is -0.475 e. The second-order valence-electron chi connectivity index (χ2n) is 10.2. The van der Waals surface area contributed by atoms with Crippen molar-refractivity contribution in [2.45, 2.75) is 57.1 Å². The van der Waals surface area contributed by atoms with Gasteiger partial charge in [-0.15, -0.1) is 0 Å². The number of aliphatic carboxylic acids is 2. The van der Waals surface area contributed by atoms with E-state index in [1.807, 2.05) is 0 Å². The van der Waals surface area contributed by atoms with Crippen molar-refractivity contribution in [2.24, 2.45) is 0 Å². The summed E-state index contributed by atoms with van der Waals surface area (Å²) in [5.74, 6) is -4.54. The van der Waals surface area contributed by atoms with Crippen LogP contribution in [0, 0.1) is 0 Å². The summed E-state index contributed by atoms with van der Waals surface area (Å²) in [4.78, 5) is 40.1. The van der Waals surface area contributed by atoms with Gasteiger partial charge >= 0.3 is 24.3 Å². The lowest BCUT2D eigenvalue weighted by Gasteiger charge is -2.38. The number of rotatable bonds is 4. The number of ether oxygens (including phenoxy) is 1. The van der Waals surface area contributed by atoms with Crippen molar-refractivity contribution in [3.05, 3.63) is 51.9 Å². The van der Waals surface area contributed by atoms with Crippen molar-refractivity contribution >= 4 is 11.9 Å². The molecule has 0 bridgehead atoms. The third kappa shape index (κ3) is 11.8. The molecule has 1 unspecified atom stereocenters. The minimum absolute atomic E-state index is 0.0785. The molecule has 4 rings (SSSR count). The van der Waals surface area contributed by atoms with Crippen LogP contribution in [0.5, 0.6) is 0 Å². The van der Waals surface area contributed by atoms with Gasteiger partial charge in [0, 0.05) is 43.7 Å². The van der Waals surface area contributed by atoms with Gasteiger partial charge in [-0.2, -0.15) is 26.3 Å². The number of carboxylic acids is 2. The predicted molar refractivity (Wildman–Crippen MR) is 138 cm³/mol. The van der Waals surface area contributed by atoms with E-state index < -0.39 is 24.3 Å². The molecular weight excluding hydrogens is 578 g/mol. The number of benzene rings is 1. The number of nitrogens with one attached hydrogen (secondary N) is 2. The molecule has 10 nitrogen and oxygen atoms in total. The summed E-state index contributed by atoms with van der Waals surface area (Å²) in [6.07, 6.45) is -7.96.